The lowest BCUT2D eigenvalue weighted by atomic mass is 10.1. The highest BCUT2D eigenvalue weighted by atomic mass is 15.2. The van der Waals surface area contributed by atoms with Crippen LogP contribution >= 0.6 is 0 Å². The Hall–Kier alpha value is -1.18. The molecule has 0 unspecified atom stereocenters. The quantitative estimate of drug-likeness (QED) is 0.764. The van der Waals surface area contributed by atoms with E-state index in [9.17, 15) is 0 Å². The van der Waals surface area contributed by atoms with Gasteiger partial charge in [0.2, 0.25) is 0 Å². The van der Waals surface area contributed by atoms with Crippen LogP contribution in [0, 0.1) is 6.92 Å². The molecule has 0 atom stereocenters. The lowest BCUT2D eigenvalue weighted by Crippen LogP contribution is -2.26. The van der Waals surface area contributed by atoms with Crippen molar-refractivity contribution < 1.29 is 0 Å². The lowest BCUT2D eigenvalue weighted by molar-refractivity contribution is 0.763. The minimum atomic E-state index is 0.770. The number of aryl methyl sites for hydroxylation is 1. The highest BCUT2D eigenvalue weighted by molar-refractivity contribution is 5.59. The summed E-state index contributed by atoms with van der Waals surface area (Å²) in [6, 6.07) is 7.14. The van der Waals surface area contributed by atoms with Crippen LogP contribution in [0.1, 0.15) is 31.7 Å². The zero-order chi connectivity index (χ0) is 10.8. The molecule has 1 aliphatic rings. The molecule has 0 heterocycles. The summed E-state index contributed by atoms with van der Waals surface area (Å²) in [4.78, 5) is 2.50. The zero-order valence-electron chi connectivity index (χ0n) is 9.66. The van der Waals surface area contributed by atoms with Crippen LogP contribution < -0.4 is 10.6 Å². The van der Waals surface area contributed by atoms with Gasteiger partial charge in [0.25, 0.3) is 0 Å². The predicted molar refractivity (Wildman–Crippen MR) is 66.3 cm³/mol. The van der Waals surface area contributed by atoms with E-state index >= 15 is 0 Å². The Morgan fingerprint density at radius 2 is 2.07 bits per heavy atom. The van der Waals surface area contributed by atoms with Gasteiger partial charge in [-0.15, -0.1) is 0 Å². The van der Waals surface area contributed by atoms with Crippen LogP contribution in [0.5, 0.6) is 0 Å². The molecule has 1 fully saturated rings. The van der Waals surface area contributed by atoms with Crippen LogP contribution in [0.4, 0.5) is 11.4 Å². The van der Waals surface area contributed by atoms with E-state index in [0.29, 0.717) is 0 Å². The highest BCUT2D eigenvalue weighted by Gasteiger charge is 2.28. The summed E-state index contributed by atoms with van der Waals surface area (Å²) in [6.07, 6.45) is 3.88. The van der Waals surface area contributed by atoms with E-state index in [4.69, 9.17) is 5.73 Å². The van der Waals surface area contributed by atoms with E-state index < -0.39 is 0 Å². The summed E-state index contributed by atoms with van der Waals surface area (Å²) in [6.45, 7) is 5.49. The first-order valence-corrected chi connectivity index (χ1v) is 5.84. The fourth-order valence-corrected chi connectivity index (χ4v) is 2.11. The number of anilines is 2. The van der Waals surface area contributed by atoms with E-state index in [1.807, 2.05) is 6.07 Å². The molecule has 0 aromatic heterocycles. The third-order valence-corrected chi connectivity index (χ3v) is 2.87. The van der Waals surface area contributed by atoms with E-state index in [0.717, 1.165) is 18.3 Å². The molecule has 2 rings (SSSR count). The van der Waals surface area contributed by atoms with Gasteiger partial charge in [0, 0.05) is 24.0 Å². The van der Waals surface area contributed by atoms with Crippen LogP contribution in [0.2, 0.25) is 0 Å². The largest absolute Gasteiger partial charge is 0.399 e. The molecule has 2 nitrogen and oxygen atoms in total. The van der Waals surface area contributed by atoms with Crippen molar-refractivity contribution in [1.29, 1.82) is 0 Å². The van der Waals surface area contributed by atoms with Gasteiger partial charge < -0.3 is 10.6 Å². The molecule has 2 N–H and O–H groups in total. The first-order chi connectivity index (χ1) is 7.20. The summed E-state index contributed by atoms with van der Waals surface area (Å²) in [5.74, 6) is 0. The molecule has 1 aromatic rings. The Morgan fingerprint density at radius 3 is 2.60 bits per heavy atom. The summed E-state index contributed by atoms with van der Waals surface area (Å²) < 4.78 is 0. The highest BCUT2D eigenvalue weighted by Crippen LogP contribution is 2.33. The topological polar surface area (TPSA) is 29.3 Å². The molecule has 0 radical (unpaired) electrons. The molecule has 0 aliphatic heterocycles. The van der Waals surface area contributed by atoms with Crippen molar-refractivity contribution >= 4 is 11.4 Å². The van der Waals surface area contributed by atoms with Crippen molar-refractivity contribution in [3.8, 4) is 0 Å². The second kappa shape index (κ2) is 4.13. The lowest BCUT2D eigenvalue weighted by Gasteiger charge is -2.24. The van der Waals surface area contributed by atoms with Crippen LogP contribution in [-0.2, 0) is 0 Å². The van der Waals surface area contributed by atoms with Gasteiger partial charge in [-0.2, -0.15) is 0 Å². The van der Waals surface area contributed by atoms with Gasteiger partial charge in [0.05, 0.1) is 0 Å². The van der Waals surface area contributed by atoms with E-state index in [-0.39, 0.29) is 0 Å². The molecule has 1 aromatic carbocycles. The van der Waals surface area contributed by atoms with Gasteiger partial charge in [0.1, 0.15) is 0 Å². The van der Waals surface area contributed by atoms with Crippen molar-refractivity contribution in [2.24, 2.45) is 0 Å². The number of nitrogen functional groups attached to an aromatic ring is 1. The number of benzene rings is 1. The second-order valence-corrected chi connectivity index (χ2v) is 4.53. The predicted octanol–water partition coefficient (Wildman–Crippen LogP) is 2.96. The standard InChI is InChI=1S/C13H20N2/c1-3-6-15(12-4-5-12)13-8-10(2)7-11(14)9-13/h7-9,12H,3-6,14H2,1-2H3. The Morgan fingerprint density at radius 1 is 1.33 bits per heavy atom. The molecule has 0 amide bonds. The Bertz CT molecular complexity index is 322. The Labute approximate surface area is 92.1 Å². The molecular formula is C13H20N2. The maximum absolute atomic E-state index is 5.89. The number of rotatable bonds is 4. The van der Waals surface area contributed by atoms with Crippen LogP contribution in [0.3, 0.4) is 0 Å². The minimum absolute atomic E-state index is 0.770. The van der Waals surface area contributed by atoms with Crippen LogP contribution in [-0.4, -0.2) is 12.6 Å². The van der Waals surface area contributed by atoms with Gasteiger partial charge in [-0.1, -0.05) is 6.92 Å². The van der Waals surface area contributed by atoms with Crippen molar-refractivity contribution in [1.82, 2.24) is 0 Å². The number of hydrogen-bond donors (Lipinski definition) is 1. The van der Waals surface area contributed by atoms with Crippen LogP contribution in [0.25, 0.3) is 0 Å². The first kappa shape index (κ1) is 10.3. The minimum Gasteiger partial charge on any atom is -0.399 e. The second-order valence-electron chi connectivity index (χ2n) is 4.53. The number of hydrogen-bond acceptors (Lipinski definition) is 2. The van der Waals surface area contributed by atoms with E-state index in [2.05, 4.69) is 30.9 Å². The molecule has 82 valence electrons. The molecule has 0 saturated heterocycles. The zero-order valence-corrected chi connectivity index (χ0v) is 9.66. The third kappa shape index (κ3) is 2.44. The number of nitrogens with zero attached hydrogens (tertiary/aromatic N) is 1. The maximum atomic E-state index is 5.89. The average molecular weight is 204 g/mol. The molecule has 15 heavy (non-hydrogen) atoms. The van der Waals surface area contributed by atoms with E-state index in [1.165, 1.54) is 30.5 Å². The third-order valence-electron chi connectivity index (χ3n) is 2.87. The Kier molecular flexibility index (Phi) is 2.85. The van der Waals surface area contributed by atoms with Crippen molar-refractivity contribution in [2.45, 2.75) is 39.2 Å². The van der Waals surface area contributed by atoms with Gasteiger partial charge in [-0.3, -0.25) is 0 Å². The fourth-order valence-electron chi connectivity index (χ4n) is 2.11. The summed E-state index contributed by atoms with van der Waals surface area (Å²) in [5.41, 5.74) is 9.33. The van der Waals surface area contributed by atoms with Crippen molar-refractivity contribution in [3.05, 3.63) is 23.8 Å². The summed E-state index contributed by atoms with van der Waals surface area (Å²) in [5, 5.41) is 0. The summed E-state index contributed by atoms with van der Waals surface area (Å²) >= 11 is 0. The first-order valence-electron chi connectivity index (χ1n) is 5.84. The normalized spacial score (nSPS) is 15.3. The fraction of sp³-hybridized carbons (Fsp3) is 0.538. The van der Waals surface area contributed by atoms with Gasteiger partial charge in [-0.25, -0.2) is 0 Å². The molecule has 0 spiro atoms. The molecule has 0 bridgehead atoms. The smallest absolute Gasteiger partial charge is 0.0392 e. The summed E-state index contributed by atoms with van der Waals surface area (Å²) in [7, 11) is 0. The van der Waals surface area contributed by atoms with Gasteiger partial charge >= 0.3 is 0 Å². The molecule has 1 aliphatic carbocycles. The SMILES string of the molecule is CCCN(c1cc(C)cc(N)c1)C1CC1. The van der Waals surface area contributed by atoms with Crippen molar-refractivity contribution in [2.75, 3.05) is 17.2 Å². The molecule has 1 saturated carbocycles. The average Bonchev–Trinajstić information content (AvgIpc) is 2.95. The van der Waals surface area contributed by atoms with Crippen molar-refractivity contribution in [3.63, 3.8) is 0 Å². The maximum Gasteiger partial charge on any atom is 0.0392 e. The molecule has 2 heteroatoms. The monoisotopic (exact) mass is 204 g/mol. The van der Waals surface area contributed by atoms with E-state index in [1.54, 1.807) is 0 Å². The van der Waals surface area contributed by atoms with Gasteiger partial charge in [-0.05, 0) is 49.9 Å². The number of nitrogens with two attached hydrogens (primary N) is 1. The molecular weight excluding hydrogens is 184 g/mol. The van der Waals surface area contributed by atoms with Gasteiger partial charge in [0.15, 0.2) is 0 Å². The Balaban J connectivity index is 2.24. The van der Waals surface area contributed by atoms with Crippen LogP contribution in [0.15, 0.2) is 18.2 Å².